The number of nitro groups is 1. The second-order valence-electron chi connectivity index (χ2n) is 4.53. The van der Waals surface area contributed by atoms with Crippen molar-refractivity contribution in [2.75, 3.05) is 5.32 Å². The number of anilines is 1. The maximum atomic E-state index is 10.6. The Hall–Kier alpha value is -2.87. The Morgan fingerprint density at radius 1 is 1.15 bits per heavy atom. The molecule has 0 saturated carbocycles. The summed E-state index contributed by atoms with van der Waals surface area (Å²) in [6, 6.07) is 17.6. The maximum Gasteiger partial charge on any atom is 0.269 e. The van der Waals surface area contributed by atoms with Crippen molar-refractivity contribution in [3.05, 3.63) is 70.3 Å². The standard InChI is InChI=1S/C15H13N3O2/c1-15(11-16,17-13-5-3-2-4-6-13)12-7-9-14(10-8-12)18(19)20/h2-10,17H,1H3. The second kappa shape index (κ2) is 5.41. The van der Waals surface area contributed by atoms with Crippen LogP contribution in [0.2, 0.25) is 0 Å². The fourth-order valence-corrected chi connectivity index (χ4v) is 1.89. The summed E-state index contributed by atoms with van der Waals surface area (Å²) in [6.45, 7) is 1.74. The van der Waals surface area contributed by atoms with Crippen molar-refractivity contribution in [2.24, 2.45) is 0 Å². The van der Waals surface area contributed by atoms with Crippen LogP contribution in [-0.2, 0) is 5.54 Å². The molecular formula is C15H13N3O2. The van der Waals surface area contributed by atoms with Crippen LogP contribution in [0.1, 0.15) is 12.5 Å². The van der Waals surface area contributed by atoms with Gasteiger partial charge in [-0.15, -0.1) is 0 Å². The molecule has 0 fully saturated rings. The average molecular weight is 267 g/mol. The zero-order valence-corrected chi connectivity index (χ0v) is 10.9. The molecule has 1 N–H and O–H groups in total. The molecule has 0 radical (unpaired) electrons. The monoisotopic (exact) mass is 267 g/mol. The van der Waals surface area contributed by atoms with Gasteiger partial charge in [0.2, 0.25) is 0 Å². The van der Waals surface area contributed by atoms with Gasteiger partial charge in [0, 0.05) is 17.8 Å². The van der Waals surface area contributed by atoms with Gasteiger partial charge in [0.15, 0.2) is 0 Å². The number of nitro benzene ring substituents is 1. The van der Waals surface area contributed by atoms with Gasteiger partial charge in [0.1, 0.15) is 5.54 Å². The van der Waals surface area contributed by atoms with E-state index in [4.69, 9.17) is 0 Å². The maximum absolute atomic E-state index is 10.6. The van der Waals surface area contributed by atoms with Crippen molar-refractivity contribution in [1.82, 2.24) is 0 Å². The van der Waals surface area contributed by atoms with Crippen molar-refractivity contribution >= 4 is 11.4 Å². The minimum atomic E-state index is -0.948. The first-order chi connectivity index (χ1) is 9.55. The lowest BCUT2D eigenvalue weighted by molar-refractivity contribution is -0.384. The summed E-state index contributed by atoms with van der Waals surface area (Å²) in [6.07, 6.45) is 0. The molecule has 100 valence electrons. The third-order valence-electron chi connectivity index (χ3n) is 3.05. The molecule has 5 heteroatoms. The lowest BCUT2D eigenvalue weighted by atomic mass is 9.93. The Morgan fingerprint density at radius 2 is 1.75 bits per heavy atom. The van der Waals surface area contributed by atoms with Crippen molar-refractivity contribution in [1.29, 1.82) is 5.26 Å². The van der Waals surface area contributed by atoms with Gasteiger partial charge in [-0.05, 0) is 36.8 Å². The van der Waals surface area contributed by atoms with E-state index in [1.807, 2.05) is 30.3 Å². The van der Waals surface area contributed by atoms with E-state index in [0.717, 1.165) is 5.69 Å². The first-order valence-electron chi connectivity index (χ1n) is 6.04. The number of para-hydroxylation sites is 1. The van der Waals surface area contributed by atoms with Gasteiger partial charge in [-0.1, -0.05) is 18.2 Å². The molecule has 20 heavy (non-hydrogen) atoms. The van der Waals surface area contributed by atoms with Crippen molar-refractivity contribution in [3.8, 4) is 6.07 Å². The predicted octanol–water partition coefficient (Wildman–Crippen LogP) is 3.45. The molecule has 0 aliphatic rings. The highest BCUT2D eigenvalue weighted by Crippen LogP contribution is 2.27. The normalized spacial score (nSPS) is 13.0. The van der Waals surface area contributed by atoms with Crippen LogP contribution in [0.15, 0.2) is 54.6 Å². The number of nitrogens with zero attached hydrogens (tertiary/aromatic N) is 2. The topological polar surface area (TPSA) is 79.0 Å². The molecule has 0 amide bonds. The number of benzene rings is 2. The summed E-state index contributed by atoms with van der Waals surface area (Å²) in [5, 5.41) is 23.2. The fourth-order valence-electron chi connectivity index (χ4n) is 1.89. The van der Waals surface area contributed by atoms with Gasteiger partial charge in [-0.25, -0.2) is 0 Å². The number of hydrogen-bond acceptors (Lipinski definition) is 4. The molecule has 5 nitrogen and oxygen atoms in total. The van der Waals surface area contributed by atoms with Crippen LogP contribution in [0.5, 0.6) is 0 Å². The lowest BCUT2D eigenvalue weighted by Crippen LogP contribution is -2.29. The van der Waals surface area contributed by atoms with Crippen LogP contribution in [0.25, 0.3) is 0 Å². The van der Waals surface area contributed by atoms with Crippen molar-refractivity contribution in [2.45, 2.75) is 12.5 Å². The van der Waals surface area contributed by atoms with Crippen molar-refractivity contribution < 1.29 is 4.92 Å². The third-order valence-corrected chi connectivity index (χ3v) is 3.05. The largest absolute Gasteiger partial charge is 0.364 e. The summed E-state index contributed by atoms with van der Waals surface area (Å²) in [5.41, 5.74) is 0.550. The molecule has 0 aliphatic heterocycles. The first kappa shape index (κ1) is 13.6. The summed E-state index contributed by atoms with van der Waals surface area (Å²) < 4.78 is 0. The smallest absolute Gasteiger partial charge is 0.269 e. The Bertz CT molecular complexity index is 647. The Balaban J connectivity index is 2.31. The Labute approximate surface area is 116 Å². The summed E-state index contributed by atoms with van der Waals surface area (Å²) in [5.74, 6) is 0. The zero-order valence-electron chi connectivity index (χ0n) is 10.9. The number of non-ortho nitro benzene ring substituents is 1. The highest BCUT2D eigenvalue weighted by molar-refractivity contribution is 5.51. The minimum Gasteiger partial charge on any atom is -0.364 e. The van der Waals surface area contributed by atoms with Gasteiger partial charge in [-0.3, -0.25) is 10.1 Å². The molecule has 0 spiro atoms. The van der Waals surface area contributed by atoms with E-state index in [2.05, 4.69) is 11.4 Å². The molecule has 2 aromatic carbocycles. The summed E-state index contributed by atoms with van der Waals surface area (Å²) in [4.78, 5) is 10.2. The molecule has 2 rings (SSSR count). The van der Waals surface area contributed by atoms with E-state index >= 15 is 0 Å². The van der Waals surface area contributed by atoms with Crippen LogP contribution >= 0.6 is 0 Å². The zero-order chi connectivity index (χ0) is 14.6. The first-order valence-corrected chi connectivity index (χ1v) is 6.04. The lowest BCUT2D eigenvalue weighted by Gasteiger charge is -2.25. The van der Waals surface area contributed by atoms with Gasteiger partial charge in [0.05, 0.1) is 11.0 Å². The highest BCUT2D eigenvalue weighted by atomic mass is 16.6. The molecule has 0 saturated heterocycles. The summed E-state index contributed by atoms with van der Waals surface area (Å²) >= 11 is 0. The fraction of sp³-hybridized carbons (Fsp3) is 0.133. The number of hydrogen-bond donors (Lipinski definition) is 1. The van der Waals surface area contributed by atoms with E-state index in [1.165, 1.54) is 12.1 Å². The van der Waals surface area contributed by atoms with Crippen LogP contribution in [0.4, 0.5) is 11.4 Å². The Morgan fingerprint density at radius 3 is 2.25 bits per heavy atom. The molecule has 0 aromatic heterocycles. The number of rotatable bonds is 4. The van der Waals surface area contributed by atoms with Gasteiger partial charge in [-0.2, -0.15) is 5.26 Å². The van der Waals surface area contributed by atoms with E-state index < -0.39 is 10.5 Å². The van der Waals surface area contributed by atoms with Crippen LogP contribution < -0.4 is 5.32 Å². The quantitative estimate of drug-likeness (QED) is 0.679. The van der Waals surface area contributed by atoms with E-state index in [9.17, 15) is 15.4 Å². The predicted molar refractivity (Wildman–Crippen MR) is 76.1 cm³/mol. The van der Waals surface area contributed by atoms with E-state index in [1.54, 1.807) is 19.1 Å². The van der Waals surface area contributed by atoms with Crippen LogP contribution in [0.3, 0.4) is 0 Å². The molecule has 1 unspecified atom stereocenters. The number of nitrogens with one attached hydrogen (secondary N) is 1. The molecule has 0 bridgehead atoms. The number of nitriles is 1. The van der Waals surface area contributed by atoms with Gasteiger partial charge in [0.25, 0.3) is 5.69 Å². The second-order valence-corrected chi connectivity index (χ2v) is 4.53. The average Bonchev–Trinajstić information content (AvgIpc) is 2.48. The van der Waals surface area contributed by atoms with Gasteiger partial charge >= 0.3 is 0 Å². The molecule has 1 atom stereocenters. The molecule has 2 aromatic rings. The SMILES string of the molecule is CC(C#N)(Nc1ccccc1)c1ccc([N+](=O)[O-])cc1. The molecular weight excluding hydrogens is 254 g/mol. The van der Waals surface area contributed by atoms with Crippen molar-refractivity contribution in [3.63, 3.8) is 0 Å². The Kier molecular flexibility index (Phi) is 3.67. The third kappa shape index (κ3) is 2.75. The van der Waals surface area contributed by atoms with Gasteiger partial charge < -0.3 is 5.32 Å². The van der Waals surface area contributed by atoms with Crippen LogP contribution in [0, 0.1) is 21.4 Å². The molecule has 0 heterocycles. The van der Waals surface area contributed by atoms with Crippen LogP contribution in [-0.4, -0.2) is 4.92 Å². The minimum absolute atomic E-state index is 0.00810. The molecule has 0 aliphatic carbocycles. The van der Waals surface area contributed by atoms with E-state index in [0.29, 0.717) is 5.56 Å². The highest BCUT2D eigenvalue weighted by Gasteiger charge is 2.26. The summed E-state index contributed by atoms with van der Waals surface area (Å²) in [7, 11) is 0. The van der Waals surface area contributed by atoms with E-state index in [-0.39, 0.29) is 5.69 Å².